The molecule has 3 aromatic rings. The molecule has 0 unspecified atom stereocenters. The number of hydrogen-bond acceptors (Lipinski definition) is 7. The number of amides is 1. The van der Waals surface area contributed by atoms with E-state index < -0.39 is 6.09 Å². The normalized spacial score (nSPS) is 21.6. The van der Waals surface area contributed by atoms with E-state index in [2.05, 4.69) is 15.6 Å². The van der Waals surface area contributed by atoms with Crippen molar-refractivity contribution in [3.63, 3.8) is 0 Å². The number of halogens is 1. The summed E-state index contributed by atoms with van der Waals surface area (Å²) in [6.45, 7) is 1.60. The molecule has 1 N–H and O–H groups in total. The van der Waals surface area contributed by atoms with Gasteiger partial charge in [0.05, 0.1) is 36.2 Å². The van der Waals surface area contributed by atoms with Crippen LogP contribution in [0.3, 0.4) is 0 Å². The molecule has 2 aromatic heterocycles. The van der Waals surface area contributed by atoms with Crippen LogP contribution in [0.1, 0.15) is 16.8 Å². The van der Waals surface area contributed by atoms with Crippen LogP contribution in [0.5, 0.6) is 0 Å². The predicted octanol–water partition coefficient (Wildman–Crippen LogP) is 2.43. The van der Waals surface area contributed by atoms with Gasteiger partial charge in [-0.3, -0.25) is 9.58 Å². The van der Waals surface area contributed by atoms with Crippen molar-refractivity contribution in [3.05, 3.63) is 53.3 Å². The van der Waals surface area contributed by atoms with E-state index in [0.29, 0.717) is 43.2 Å². The quantitative estimate of drug-likeness (QED) is 0.707. The highest BCUT2D eigenvalue weighted by Gasteiger charge is 2.48. The van der Waals surface area contributed by atoms with Crippen LogP contribution in [0.15, 0.2) is 35.2 Å². The lowest BCUT2D eigenvalue weighted by Crippen LogP contribution is -2.36. The Balaban J connectivity index is 1.24. The average Bonchev–Trinajstić information content (AvgIpc) is 3.48. The third-order valence-corrected chi connectivity index (χ3v) is 6.00. The maximum atomic E-state index is 15.0. The number of nitrogens with one attached hydrogen (secondary N) is 1. The number of carbonyl (C=O) groups is 1. The Morgan fingerprint density at radius 1 is 1.27 bits per heavy atom. The van der Waals surface area contributed by atoms with Crippen molar-refractivity contribution in [2.24, 2.45) is 7.05 Å². The summed E-state index contributed by atoms with van der Waals surface area (Å²) >= 11 is 0. The average molecular weight is 410 g/mol. The lowest BCUT2D eigenvalue weighted by atomic mass is 10.0. The number of nitrogens with zero attached hydrogens (tertiary/aromatic N) is 5. The fourth-order valence-electron chi connectivity index (χ4n) is 4.66. The molecule has 1 amide bonds. The van der Waals surface area contributed by atoms with Gasteiger partial charge in [-0.2, -0.15) is 5.10 Å². The van der Waals surface area contributed by atoms with Crippen molar-refractivity contribution < 1.29 is 18.4 Å². The molecule has 2 atom stereocenters. The second-order valence-electron chi connectivity index (χ2n) is 7.89. The number of cyclic esters (lactones) is 1. The van der Waals surface area contributed by atoms with Crippen molar-refractivity contribution >= 4 is 23.3 Å². The fourth-order valence-corrected chi connectivity index (χ4v) is 4.66. The molecule has 0 radical (unpaired) electrons. The number of carbonyl (C=O) groups excluding carboxylic acids is 1. The Bertz CT molecular complexity index is 1120. The minimum atomic E-state index is -0.448. The molecule has 1 saturated heterocycles. The Hall–Kier alpha value is -3.56. The second kappa shape index (κ2) is 6.22. The van der Waals surface area contributed by atoms with E-state index in [0.717, 1.165) is 16.8 Å². The molecule has 0 bridgehead atoms. The Morgan fingerprint density at radius 2 is 2.17 bits per heavy atom. The molecule has 0 saturated carbocycles. The van der Waals surface area contributed by atoms with Crippen LogP contribution in [0.4, 0.5) is 26.4 Å². The molecule has 0 aliphatic carbocycles. The first-order valence-electron chi connectivity index (χ1n) is 9.79. The molecule has 1 aromatic carbocycles. The SMILES string of the molecule is Cn1cc2c(n1)CN(c1cc3c(cc1F)N1C(=O)O[C@@H](CNc4ccon4)[C@@H]1C3)C2. The molecule has 3 aliphatic heterocycles. The van der Waals surface area contributed by atoms with E-state index >= 15 is 4.39 Å². The van der Waals surface area contributed by atoms with Gasteiger partial charge in [0.15, 0.2) is 5.82 Å². The lowest BCUT2D eigenvalue weighted by molar-refractivity contribution is 0.137. The molecule has 1 fully saturated rings. The number of ether oxygens (including phenoxy) is 1. The van der Waals surface area contributed by atoms with E-state index in [1.165, 1.54) is 12.3 Å². The summed E-state index contributed by atoms with van der Waals surface area (Å²) in [6.07, 6.45) is 3.24. The Labute approximate surface area is 171 Å². The summed E-state index contributed by atoms with van der Waals surface area (Å²) in [5.74, 6) is 0.233. The number of aromatic nitrogens is 3. The Morgan fingerprint density at radius 3 is 2.97 bits per heavy atom. The van der Waals surface area contributed by atoms with Gasteiger partial charge in [0.1, 0.15) is 18.2 Å². The summed E-state index contributed by atoms with van der Waals surface area (Å²) in [4.78, 5) is 16.0. The van der Waals surface area contributed by atoms with Gasteiger partial charge in [-0.05, 0) is 18.1 Å². The molecule has 5 heterocycles. The molecule has 3 aliphatic rings. The molecule has 154 valence electrons. The largest absolute Gasteiger partial charge is 0.442 e. The van der Waals surface area contributed by atoms with Crippen LogP contribution in [0, 0.1) is 5.82 Å². The molecular weight excluding hydrogens is 391 g/mol. The number of anilines is 3. The minimum absolute atomic E-state index is 0.180. The van der Waals surface area contributed by atoms with Gasteiger partial charge < -0.3 is 19.5 Å². The minimum Gasteiger partial charge on any atom is -0.442 e. The molecule has 6 rings (SSSR count). The Kier molecular flexibility index (Phi) is 3.59. The maximum Gasteiger partial charge on any atom is 0.415 e. The third kappa shape index (κ3) is 2.56. The highest BCUT2D eigenvalue weighted by molar-refractivity contribution is 5.94. The van der Waals surface area contributed by atoms with Crippen LogP contribution < -0.4 is 15.1 Å². The van der Waals surface area contributed by atoms with Crippen molar-refractivity contribution in [1.82, 2.24) is 14.9 Å². The highest BCUT2D eigenvalue weighted by atomic mass is 19.1. The van der Waals surface area contributed by atoms with Crippen molar-refractivity contribution in [3.8, 4) is 0 Å². The molecule has 30 heavy (non-hydrogen) atoms. The maximum absolute atomic E-state index is 15.0. The zero-order chi connectivity index (χ0) is 20.4. The first kappa shape index (κ1) is 17.3. The summed E-state index contributed by atoms with van der Waals surface area (Å²) in [7, 11) is 1.89. The molecule has 9 nitrogen and oxygen atoms in total. The van der Waals surface area contributed by atoms with Crippen molar-refractivity contribution in [2.75, 3.05) is 21.7 Å². The van der Waals surface area contributed by atoms with Gasteiger partial charge in [-0.1, -0.05) is 5.16 Å². The first-order valence-corrected chi connectivity index (χ1v) is 9.79. The summed E-state index contributed by atoms with van der Waals surface area (Å²) in [5.41, 5.74) is 4.16. The van der Waals surface area contributed by atoms with Gasteiger partial charge in [-0.15, -0.1) is 0 Å². The van der Waals surface area contributed by atoms with Crippen molar-refractivity contribution in [2.45, 2.75) is 31.7 Å². The summed E-state index contributed by atoms with van der Waals surface area (Å²) < 4.78 is 27.2. The zero-order valence-corrected chi connectivity index (χ0v) is 16.2. The predicted molar refractivity (Wildman–Crippen MR) is 105 cm³/mol. The smallest absolute Gasteiger partial charge is 0.415 e. The summed E-state index contributed by atoms with van der Waals surface area (Å²) in [5, 5.41) is 11.4. The zero-order valence-electron chi connectivity index (χ0n) is 16.2. The van der Waals surface area contributed by atoms with Gasteiger partial charge in [0.25, 0.3) is 0 Å². The number of rotatable bonds is 4. The summed E-state index contributed by atoms with van der Waals surface area (Å²) in [6, 6.07) is 4.84. The van der Waals surface area contributed by atoms with Gasteiger partial charge in [-0.25, -0.2) is 9.18 Å². The van der Waals surface area contributed by atoms with Crippen LogP contribution in [0.25, 0.3) is 0 Å². The molecule has 10 heteroatoms. The molecular formula is C20H19FN6O3. The topological polar surface area (TPSA) is 88.7 Å². The van der Waals surface area contributed by atoms with Gasteiger partial charge in [0, 0.05) is 37.5 Å². The standard InChI is InChI=1S/C20H19FN6O3/c1-25-8-12-9-26(10-14(12)23-25)16-4-11-5-17-18(7-22-19-2-3-29-24-19)30-20(28)27(17)15(11)6-13(16)21/h2-4,6,8,17-18H,5,7,9-10H2,1H3,(H,22,24)/t17-,18-/m0/s1. The van der Waals surface area contributed by atoms with Crippen molar-refractivity contribution in [1.29, 1.82) is 0 Å². The van der Waals surface area contributed by atoms with E-state index in [1.54, 1.807) is 15.6 Å². The van der Waals surface area contributed by atoms with Crippen LogP contribution in [0.2, 0.25) is 0 Å². The van der Waals surface area contributed by atoms with E-state index in [-0.39, 0.29) is 18.0 Å². The van der Waals surface area contributed by atoms with Gasteiger partial charge in [0.2, 0.25) is 0 Å². The van der Waals surface area contributed by atoms with Crippen LogP contribution in [-0.4, -0.2) is 39.7 Å². The first-order chi connectivity index (χ1) is 14.6. The number of benzene rings is 1. The van der Waals surface area contributed by atoms with E-state index in [1.807, 2.05) is 24.2 Å². The fraction of sp³-hybridized carbons (Fsp3) is 0.350. The highest BCUT2D eigenvalue weighted by Crippen LogP contribution is 2.42. The number of hydrogen-bond donors (Lipinski definition) is 1. The number of fused-ring (bicyclic) bond motifs is 4. The third-order valence-electron chi connectivity index (χ3n) is 6.00. The van der Waals surface area contributed by atoms with E-state index in [9.17, 15) is 4.79 Å². The van der Waals surface area contributed by atoms with Gasteiger partial charge >= 0.3 is 6.09 Å². The monoisotopic (exact) mass is 410 g/mol. The lowest BCUT2D eigenvalue weighted by Gasteiger charge is -2.20. The number of aryl methyl sites for hydroxylation is 1. The second-order valence-corrected chi connectivity index (χ2v) is 7.89. The molecule has 0 spiro atoms. The van der Waals surface area contributed by atoms with Crippen LogP contribution in [-0.2, 0) is 31.3 Å². The van der Waals surface area contributed by atoms with Crippen LogP contribution >= 0.6 is 0 Å². The van der Waals surface area contributed by atoms with E-state index in [4.69, 9.17) is 9.26 Å².